The number of nitrogens with zero attached hydrogens (tertiary/aromatic N) is 1. The lowest BCUT2D eigenvalue weighted by molar-refractivity contribution is -0.155. The number of carbonyl (C=O) groups excluding carboxylic acids is 1. The van der Waals surface area contributed by atoms with E-state index >= 15 is 0 Å². The van der Waals surface area contributed by atoms with Crippen molar-refractivity contribution in [2.45, 2.75) is 26.1 Å². The van der Waals surface area contributed by atoms with Gasteiger partial charge in [0.05, 0.1) is 33.0 Å². The molecule has 1 aromatic heterocycles. The molecule has 7 heteroatoms. The average Bonchev–Trinajstić information content (AvgIpc) is 2.98. The maximum Gasteiger partial charge on any atom is 0.339 e. The third-order valence-corrected chi connectivity index (χ3v) is 7.68. The van der Waals surface area contributed by atoms with E-state index in [9.17, 15) is 4.79 Å². The van der Waals surface area contributed by atoms with Crippen LogP contribution in [0.2, 0.25) is 5.02 Å². The average molecular weight is 554 g/mol. The molecule has 1 aliphatic heterocycles. The van der Waals surface area contributed by atoms with Crippen LogP contribution in [0.5, 0.6) is 11.5 Å². The molecule has 0 aliphatic carbocycles. The zero-order chi connectivity index (χ0) is 27.8. The first-order valence-electron chi connectivity index (χ1n) is 13.1. The number of benzene rings is 4. The Morgan fingerprint density at radius 2 is 1.88 bits per heavy atom. The maximum atomic E-state index is 13.4. The van der Waals surface area contributed by atoms with Gasteiger partial charge in [0.2, 0.25) is 0 Å². The normalized spacial score (nSPS) is 13.2. The summed E-state index contributed by atoms with van der Waals surface area (Å²) in [5, 5.41) is 3.52. The number of methoxy groups -OCH3 is 2. The molecule has 0 radical (unpaired) electrons. The molecule has 6 rings (SSSR count). The van der Waals surface area contributed by atoms with Gasteiger partial charge in [0, 0.05) is 34.2 Å². The zero-order valence-corrected chi connectivity index (χ0v) is 23.2. The number of hydrogen-bond acceptors (Lipinski definition) is 6. The van der Waals surface area contributed by atoms with Gasteiger partial charge < -0.3 is 18.9 Å². The summed E-state index contributed by atoms with van der Waals surface area (Å²) in [6.45, 7) is 2.82. The fourth-order valence-corrected chi connectivity index (χ4v) is 5.72. The Kier molecular flexibility index (Phi) is 7.05. The Labute approximate surface area is 237 Å². The van der Waals surface area contributed by atoms with E-state index in [1.807, 2.05) is 79.9 Å². The molecule has 1 aliphatic rings. The number of ether oxygens (including phenoxy) is 4. The van der Waals surface area contributed by atoms with Gasteiger partial charge in [-0.15, -0.1) is 0 Å². The van der Waals surface area contributed by atoms with Crippen molar-refractivity contribution < 1.29 is 23.7 Å². The van der Waals surface area contributed by atoms with Gasteiger partial charge in [-0.2, -0.15) is 0 Å². The third kappa shape index (κ3) is 4.63. The molecular formula is C33H28ClNO5. The van der Waals surface area contributed by atoms with E-state index in [2.05, 4.69) is 0 Å². The fourth-order valence-electron chi connectivity index (χ4n) is 5.54. The molecule has 40 heavy (non-hydrogen) atoms. The Balaban J connectivity index is 1.58. The number of carbonyl (C=O) groups is 1. The van der Waals surface area contributed by atoms with Crippen LogP contribution in [0, 0.1) is 6.92 Å². The van der Waals surface area contributed by atoms with Crippen molar-refractivity contribution in [3.8, 4) is 22.6 Å². The molecular weight excluding hydrogens is 526 g/mol. The van der Waals surface area contributed by atoms with Gasteiger partial charge in [0.25, 0.3) is 0 Å². The molecule has 2 heterocycles. The summed E-state index contributed by atoms with van der Waals surface area (Å²) in [5.41, 5.74) is 6.27. The fraction of sp³-hybridized carbons (Fsp3) is 0.212. The van der Waals surface area contributed by atoms with E-state index in [1.54, 1.807) is 7.11 Å². The molecule has 0 fully saturated rings. The van der Waals surface area contributed by atoms with Crippen molar-refractivity contribution in [3.63, 3.8) is 0 Å². The lowest BCUT2D eigenvalue weighted by Gasteiger charge is -2.25. The van der Waals surface area contributed by atoms with E-state index in [-0.39, 0.29) is 6.61 Å². The molecule has 1 atom stereocenters. The van der Waals surface area contributed by atoms with E-state index < -0.39 is 12.1 Å². The lowest BCUT2D eigenvalue weighted by atomic mass is 9.85. The summed E-state index contributed by atoms with van der Waals surface area (Å²) in [6.07, 6.45) is 1.66. The number of aromatic nitrogens is 1. The van der Waals surface area contributed by atoms with Crippen molar-refractivity contribution in [2.24, 2.45) is 0 Å². The molecule has 202 valence electrons. The summed E-state index contributed by atoms with van der Waals surface area (Å²) in [5.74, 6) is 1.08. The van der Waals surface area contributed by atoms with E-state index in [0.717, 1.165) is 67.4 Å². The summed E-state index contributed by atoms with van der Waals surface area (Å²) in [4.78, 5) is 18.2. The van der Waals surface area contributed by atoms with E-state index in [0.29, 0.717) is 11.6 Å². The molecule has 0 bridgehead atoms. The third-order valence-electron chi connectivity index (χ3n) is 7.44. The maximum absolute atomic E-state index is 13.4. The minimum Gasteiger partial charge on any atom is -0.497 e. The monoisotopic (exact) mass is 553 g/mol. The first-order valence-corrected chi connectivity index (χ1v) is 13.4. The molecule has 1 unspecified atom stereocenters. The van der Waals surface area contributed by atoms with Crippen LogP contribution >= 0.6 is 11.6 Å². The predicted molar refractivity (Wildman–Crippen MR) is 156 cm³/mol. The van der Waals surface area contributed by atoms with Crippen LogP contribution in [0.15, 0.2) is 72.9 Å². The second-order valence-electron chi connectivity index (χ2n) is 9.81. The van der Waals surface area contributed by atoms with Gasteiger partial charge in [-0.3, -0.25) is 4.98 Å². The van der Waals surface area contributed by atoms with Gasteiger partial charge in [0.1, 0.15) is 11.5 Å². The highest BCUT2D eigenvalue weighted by Gasteiger charge is 2.30. The summed E-state index contributed by atoms with van der Waals surface area (Å²) in [6, 6.07) is 21.4. The Hall–Kier alpha value is -4.13. The van der Waals surface area contributed by atoms with E-state index in [4.69, 9.17) is 35.5 Å². The van der Waals surface area contributed by atoms with Crippen molar-refractivity contribution in [2.75, 3.05) is 20.8 Å². The zero-order valence-electron chi connectivity index (χ0n) is 22.5. The van der Waals surface area contributed by atoms with Crippen LogP contribution in [0.4, 0.5) is 0 Å². The highest BCUT2D eigenvalue weighted by molar-refractivity contribution is 6.31. The second kappa shape index (κ2) is 10.8. The summed E-state index contributed by atoms with van der Waals surface area (Å²) in [7, 11) is 3.00. The van der Waals surface area contributed by atoms with Gasteiger partial charge in [-0.05, 0) is 82.4 Å². The molecule has 0 saturated heterocycles. The number of pyridine rings is 1. The second-order valence-corrected chi connectivity index (χ2v) is 10.2. The number of hydrogen-bond donors (Lipinski definition) is 0. The number of fused-ring (bicyclic) bond motifs is 1. The smallest absolute Gasteiger partial charge is 0.339 e. The summed E-state index contributed by atoms with van der Waals surface area (Å²) >= 11 is 6.41. The van der Waals surface area contributed by atoms with Crippen LogP contribution in [0.3, 0.4) is 0 Å². The van der Waals surface area contributed by atoms with Crippen molar-refractivity contribution in [3.05, 3.63) is 100 Å². The quantitative estimate of drug-likeness (QED) is 0.196. The van der Waals surface area contributed by atoms with Crippen LogP contribution in [0.25, 0.3) is 32.8 Å². The molecule has 6 nitrogen and oxygen atoms in total. The first kappa shape index (κ1) is 26.1. The van der Waals surface area contributed by atoms with Gasteiger partial charge >= 0.3 is 5.97 Å². The molecule has 0 saturated carbocycles. The minimum absolute atomic E-state index is 0.206. The number of aryl methyl sites for hydroxylation is 1. The number of esters is 1. The van der Waals surface area contributed by atoms with Crippen LogP contribution in [0.1, 0.15) is 28.4 Å². The molecule has 5 aromatic rings. The van der Waals surface area contributed by atoms with Gasteiger partial charge in [0.15, 0.2) is 6.10 Å². The van der Waals surface area contributed by atoms with Crippen molar-refractivity contribution in [1.29, 1.82) is 0 Å². The highest BCUT2D eigenvalue weighted by atomic mass is 35.5. The highest BCUT2D eigenvalue weighted by Crippen LogP contribution is 2.45. The number of halogens is 1. The lowest BCUT2D eigenvalue weighted by Crippen LogP contribution is -2.20. The van der Waals surface area contributed by atoms with Crippen molar-refractivity contribution in [1.82, 2.24) is 4.98 Å². The topological polar surface area (TPSA) is 66.9 Å². The Bertz CT molecular complexity index is 1740. The Morgan fingerprint density at radius 3 is 2.65 bits per heavy atom. The van der Waals surface area contributed by atoms with Crippen LogP contribution in [-0.4, -0.2) is 31.8 Å². The molecule has 0 N–H and O–H groups in total. The van der Waals surface area contributed by atoms with Gasteiger partial charge in [-0.1, -0.05) is 35.9 Å². The first-order chi connectivity index (χ1) is 19.5. The predicted octanol–water partition coefficient (Wildman–Crippen LogP) is 7.39. The van der Waals surface area contributed by atoms with Crippen molar-refractivity contribution >= 4 is 39.2 Å². The molecule has 0 spiro atoms. The number of rotatable bonds is 7. The molecule has 4 aromatic carbocycles. The van der Waals surface area contributed by atoms with Crippen LogP contribution in [-0.2, 0) is 27.3 Å². The SMILES string of the molecule is COC(=O)C(OCc1ccc(OC)cc1)c1c(C)cc2cc(Cl)ccc2c1-c1ccc2c3c(ccnc13)CCO2. The van der Waals surface area contributed by atoms with Gasteiger partial charge in [-0.25, -0.2) is 4.79 Å². The van der Waals surface area contributed by atoms with Crippen LogP contribution < -0.4 is 9.47 Å². The molecule has 0 amide bonds. The Morgan fingerprint density at radius 1 is 1.05 bits per heavy atom. The standard InChI is InChI=1S/C33H28ClNO5/c1-19-16-22-17-23(34)6-9-25(22)30(26-10-11-27-29-21(13-15-39-27)12-14-35-31(26)29)28(19)32(33(36)38-3)40-18-20-4-7-24(37-2)8-5-20/h4-12,14,16-17,32H,13,15,18H2,1-3H3. The van der Waals surface area contributed by atoms with E-state index in [1.165, 1.54) is 12.7 Å². The minimum atomic E-state index is -0.982. The largest absolute Gasteiger partial charge is 0.497 e. The summed E-state index contributed by atoms with van der Waals surface area (Å²) < 4.78 is 22.9.